The van der Waals surface area contributed by atoms with Crippen molar-refractivity contribution in [3.05, 3.63) is 92.6 Å². The first-order chi connectivity index (χ1) is 15.6. The Kier molecular flexibility index (Phi) is 7.58. The molecule has 0 saturated carbocycles. The first-order valence-electron chi connectivity index (χ1n) is 10.8. The second kappa shape index (κ2) is 10.8. The number of nitrogens with zero attached hydrogens (tertiary/aromatic N) is 1. The van der Waals surface area contributed by atoms with Crippen LogP contribution in [0.2, 0.25) is 5.02 Å². The fourth-order valence-electron chi connectivity index (χ4n) is 3.97. The number of benzene rings is 2. The van der Waals surface area contributed by atoms with E-state index < -0.39 is 0 Å². The van der Waals surface area contributed by atoms with Gasteiger partial charge in [-0.15, -0.1) is 11.3 Å². The van der Waals surface area contributed by atoms with E-state index in [1.165, 1.54) is 24.2 Å². The standard InChI is InChI=1S/C25H26ClN3O2S/c26-21-6-3-5-20(15-21)22(29-12-1-2-13-29)17-28-24(30)19-10-8-18(9-11-19)16-27-25(31)23-7-4-14-32-23/h3-11,14-15,22H,1-2,12-13,16-17H2,(H,27,31)(H,28,30). The zero-order valence-electron chi connectivity index (χ0n) is 17.7. The maximum Gasteiger partial charge on any atom is 0.261 e. The van der Waals surface area contributed by atoms with Crippen molar-refractivity contribution in [2.24, 2.45) is 0 Å². The van der Waals surface area contributed by atoms with Crippen LogP contribution in [0.5, 0.6) is 0 Å². The van der Waals surface area contributed by atoms with Crippen molar-refractivity contribution in [1.82, 2.24) is 15.5 Å². The molecule has 1 saturated heterocycles. The molecule has 166 valence electrons. The lowest BCUT2D eigenvalue weighted by atomic mass is 10.0. The Bertz CT molecular complexity index is 1050. The molecule has 0 bridgehead atoms. The number of hydrogen-bond acceptors (Lipinski definition) is 4. The molecule has 2 amide bonds. The van der Waals surface area contributed by atoms with Crippen LogP contribution in [0, 0.1) is 0 Å². The number of nitrogens with one attached hydrogen (secondary N) is 2. The third-order valence-corrected chi connectivity index (χ3v) is 6.79. The summed E-state index contributed by atoms with van der Waals surface area (Å²) in [6, 6.07) is 19.0. The van der Waals surface area contributed by atoms with E-state index in [1.807, 2.05) is 41.8 Å². The van der Waals surface area contributed by atoms with Crippen LogP contribution in [-0.2, 0) is 6.54 Å². The fourth-order valence-corrected chi connectivity index (χ4v) is 4.81. The summed E-state index contributed by atoms with van der Waals surface area (Å²) in [6.45, 7) is 3.00. The Morgan fingerprint density at radius 1 is 0.969 bits per heavy atom. The van der Waals surface area contributed by atoms with Crippen molar-refractivity contribution in [2.75, 3.05) is 19.6 Å². The molecule has 1 atom stereocenters. The topological polar surface area (TPSA) is 61.4 Å². The lowest BCUT2D eigenvalue weighted by Gasteiger charge is -2.28. The minimum absolute atomic E-state index is 0.0872. The van der Waals surface area contributed by atoms with Crippen LogP contribution in [0.1, 0.15) is 50.0 Å². The molecule has 2 aromatic carbocycles. The van der Waals surface area contributed by atoms with Crippen molar-refractivity contribution in [3.8, 4) is 0 Å². The van der Waals surface area contributed by atoms with E-state index in [9.17, 15) is 9.59 Å². The molecule has 1 aliphatic rings. The second-order valence-corrected chi connectivity index (χ2v) is 9.26. The molecular weight excluding hydrogens is 442 g/mol. The van der Waals surface area contributed by atoms with E-state index in [4.69, 9.17) is 11.6 Å². The molecule has 1 aromatic heterocycles. The number of carbonyl (C=O) groups is 2. The van der Waals surface area contributed by atoms with Gasteiger partial charge in [0.05, 0.1) is 10.9 Å². The van der Waals surface area contributed by atoms with Gasteiger partial charge < -0.3 is 10.6 Å². The van der Waals surface area contributed by atoms with Crippen LogP contribution in [0.25, 0.3) is 0 Å². The molecule has 5 nitrogen and oxygen atoms in total. The third kappa shape index (κ3) is 5.76. The summed E-state index contributed by atoms with van der Waals surface area (Å²) in [6.07, 6.45) is 2.35. The molecule has 0 spiro atoms. The predicted molar refractivity (Wildman–Crippen MR) is 129 cm³/mol. The summed E-state index contributed by atoms with van der Waals surface area (Å²) in [4.78, 5) is 27.9. The van der Waals surface area contributed by atoms with Gasteiger partial charge in [-0.2, -0.15) is 0 Å². The van der Waals surface area contributed by atoms with Crippen molar-refractivity contribution in [3.63, 3.8) is 0 Å². The average Bonchev–Trinajstić information content (AvgIpc) is 3.53. The lowest BCUT2D eigenvalue weighted by Crippen LogP contribution is -2.36. The van der Waals surface area contributed by atoms with Crippen LogP contribution in [0.15, 0.2) is 66.0 Å². The highest BCUT2D eigenvalue weighted by molar-refractivity contribution is 7.12. The largest absolute Gasteiger partial charge is 0.350 e. The van der Waals surface area contributed by atoms with Gasteiger partial charge in [-0.1, -0.05) is 41.9 Å². The zero-order chi connectivity index (χ0) is 22.3. The predicted octanol–water partition coefficient (Wildman–Crippen LogP) is 4.90. The highest BCUT2D eigenvalue weighted by Crippen LogP contribution is 2.26. The van der Waals surface area contributed by atoms with Gasteiger partial charge in [-0.25, -0.2) is 0 Å². The highest BCUT2D eigenvalue weighted by atomic mass is 35.5. The van der Waals surface area contributed by atoms with Gasteiger partial charge in [0, 0.05) is 23.7 Å². The Labute approximate surface area is 197 Å². The molecule has 2 heterocycles. The Morgan fingerprint density at radius 2 is 1.75 bits per heavy atom. The summed E-state index contributed by atoms with van der Waals surface area (Å²) in [5.74, 6) is -0.193. The highest BCUT2D eigenvalue weighted by Gasteiger charge is 2.24. The minimum Gasteiger partial charge on any atom is -0.350 e. The van der Waals surface area contributed by atoms with E-state index in [0.29, 0.717) is 28.6 Å². The van der Waals surface area contributed by atoms with Gasteiger partial charge in [0.2, 0.25) is 0 Å². The van der Waals surface area contributed by atoms with E-state index in [0.717, 1.165) is 24.2 Å². The lowest BCUT2D eigenvalue weighted by molar-refractivity contribution is 0.0934. The third-order valence-electron chi connectivity index (χ3n) is 5.69. The Hall–Kier alpha value is -2.67. The van der Waals surface area contributed by atoms with E-state index in [2.05, 4.69) is 21.6 Å². The molecule has 1 fully saturated rings. The van der Waals surface area contributed by atoms with Crippen LogP contribution < -0.4 is 10.6 Å². The fraction of sp³-hybridized carbons (Fsp3) is 0.280. The molecule has 0 aliphatic carbocycles. The Balaban J connectivity index is 1.34. The SMILES string of the molecule is O=C(NCC(c1cccc(Cl)c1)N1CCCC1)c1ccc(CNC(=O)c2cccs2)cc1. The first-order valence-corrected chi connectivity index (χ1v) is 12.0. The van der Waals surface area contributed by atoms with Gasteiger partial charge >= 0.3 is 0 Å². The van der Waals surface area contributed by atoms with Crippen molar-refractivity contribution in [1.29, 1.82) is 0 Å². The molecule has 3 aromatic rings. The number of likely N-dealkylation sites (tertiary alicyclic amines) is 1. The van der Waals surface area contributed by atoms with E-state index >= 15 is 0 Å². The summed E-state index contributed by atoms with van der Waals surface area (Å²) >= 11 is 7.62. The van der Waals surface area contributed by atoms with Gasteiger partial charge in [-0.3, -0.25) is 14.5 Å². The van der Waals surface area contributed by atoms with Crippen LogP contribution in [0.3, 0.4) is 0 Å². The quantitative estimate of drug-likeness (QED) is 0.495. The van der Waals surface area contributed by atoms with E-state index in [1.54, 1.807) is 18.2 Å². The van der Waals surface area contributed by atoms with Crippen LogP contribution in [0.4, 0.5) is 0 Å². The van der Waals surface area contributed by atoms with Crippen LogP contribution >= 0.6 is 22.9 Å². The number of thiophene rings is 1. The number of halogens is 1. The number of rotatable bonds is 8. The molecule has 2 N–H and O–H groups in total. The second-order valence-electron chi connectivity index (χ2n) is 7.88. The van der Waals surface area contributed by atoms with Crippen LogP contribution in [-0.4, -0.2) is 36.3 Å². The van der Waals surface area contributed by atoms with Gasteiger partial charge in [-0.05, 0) is 72.8 Å². The molecular formula is C25H26ClN3O2S. The summed E-state index contributed by atoms with van der Waals surface area (Å²) in [5, 5.41) is 8.57. The Morgan fingerprint density at radius 3 is 2.44 bits per heavy atom. The number of carbonyl (C=O) groups excluding carboxylic acids is 2. The van der Waals surface area contributed by atoms with Crippen molar-refractivity contribution >= 4 is 34.8 Å². The molecule has 7 heteroatoms. The first kappa shape index (κ1) is 22.5. The summed E-state index contributed by atoms with van der Waals surface area (Å²) in [7, 11) is 0. The van der Waals surface area contributed by atoms with Crippen molar-refractivity contribution < 1.29 is 9.59 Å². The molecule has 1 unspecified atom stereocenters. The maximum atomic E-state index is 12.8. The molecule has 32 heavy (non-hydrogen) atoms. The van der Waals surface area contributed by atoms with Gasteiger partial charge in [0.25, 0.3) is 11.8 Å². The number of amides is 2. The smallest absolute Gasteiger partial charge is 0.261 e. The van der Waals surface area contributed by atoms with Gasteiger partial charge in [0.1, 0.15) is 0 Å². The van der Waals surface area contributed by atoms with Gasteiger partial charge in [0.15, 0.2) is 0 Å². The zero-order valence-corrected chi connectivity index (χ0v) is 19.3. The van der Waals surface area contributed by atoms with Crippen molar-refractivity contribution in [2.45, 2.75) is 25.4 Å². The molecule has 1 aliphatic heterocycles. The summed E-state index contributed by atoms with van der Waals surface area (Å²) in [5.41, 5.74) is 2.67. The summed E-state index contributed by atoms with van der Waals surface area (Å²) < 4.78 is 0. The average molecular weight is 468 g/mol. The molecule has 4 rings (SSSR count). The normalized spacial score (nSPS) is 14.8. The van der Waals surface area contributed by atoms with E-state index in [-0.39, 0.29) is 17.9 Å². The maximum absolute atomic E-state index is 12.8. The molecule has 0 radical (unpaired) electrons. The number of hydrogen-bond donors (Lipinski definition) is 2. The monoisotopic (exact) mass is 467 g/mol. The minimum atomic E-state index is -0.106.